The number of hydrogen-bond acceptors (Lipinski definition) is 2. The van der Waals surface area contributed by atoms with E-state index >= 15 is 0 Å². The van der Waals surface area contributed by atoms with Crippen LogP contribution >= 0.6 is 0 Å². The third-order valence-electron chi connectivity index (χ3n) is 4.13. The van der Waals surface area contributed by atoms with Gasteiger partial charge in [0.05, 0.1) is 7.11 Å². The van der Waals surface area contributed by atoms with Gasteiger partial charge in [0.15, 0.2) is 0 Å². The quantitative estimate of drug-likeness (QED) is 0.838. The van der Waals surface area contributed by atoms with Crippen LogP contribution in [0.25, 0.3) is 6.08 Å². The minimum atomic E-state index is 0.218. The Hall–Kier alpha value is -2.55. The fourth-order valence-electron chi connectivity index (χ4n) is 2.89. The van der Waals surface area contributed by atoms with Gasteiger partial charge in [-0.15, -0.1) is 0 Å². The van der Waals surface area contributed by atoms with Crippen LogP contribution in [0.2, 0.25) is 0 Å². The van der Waals surface area contributed by atoms with Gasteiger partial charge in [0.1, 0.15) is 5.75 Å². The van der Waals surface area contributed by atoms with Gasteiger partial charge in [-0.1, -0.05) is 42.5 Å². The molecule has 3 rings (SSSR count). The minimum absolute atomic E-state index is 0.218. The summed E-state index contributed by atoms with van der Waals surface area (Å²) in [6, 6.07) is 18.2. The summed E-state index contributed by atoms with van der Waals surface area (Å²) in [5, 5.41) is 0. The van der Waals surface area contributed by atoms with Gasteiger partial charge in [-0.2, -0.15) is 0 Å². The molecule has 2 aromatic rings. The average molecular weight is 307 g/mol. The van der Waals surface area contributed by atoms with Crippen molar-refractivity contribution < 1.29 is 9.53 Å². The highest BCUT2D eigenvalue weighted by molar-refractivity contribution is 5.83. The smallest absolute Gasteiger partial charge is 0.227 e. The molecule has 1 fully saturated rings. The molecule has 0 bridgehead atoms. The lowest BCUT2D eigenvalue weighted by Gasteiger charge is -2.18. The van der Waals surface area contributed by atoms with Crippen LogP contribution in [-0.4, -0.2) is 24.5 Å². The van der Waals surface area contributed by atoms with E-state index < -0.39 is 0 Å². The molecule has 1 saturated heterocycles. The third kappa shape index (κ3) is 3.81. The van der Waals surface area contributed by atoms with Crippen molar-refractivity contribution in [2.75, 3.05) is 13.7 Å². The van der Waals surface area contributed by atoms with Crippen LogP contribution in [0.1, 0.15) is 24.0 Å². The van der Waals surface area contributed by atoms with Crippen LogP contribution < -0.4 is 4.74 Å². The summed E-state index contributed by atoms with van der Waals surface area (Å²) in [5.74, 6) is 1.07. The van der Waals surface area contributed by atoms with Crippen LogP contribution in [0.15, 0.2) is 60.3 Å². The Morgan fingerprint density at radius 3 is 2.70 bits per heavy atom. The monoisotopic (exact) mass is 307 g/mol. The second-order valence-corrected chi connectivity index (χ2v) is 5.69. The van der Waals surface area contributed by atoms with Gasteiger partial charge >= 0.3 is 0 Å². The molecule has 1 amide bonds. The molecule has 0 saturated carbocycles. The van der Waals surface area contributed by atoms with Crippen LogP contribution in [-0.2, 0) is 11.2 Å². The summed E-state index contributed by atoms with van der Waals surface area (Å²) in [6.07, 6.45) is 4.38. The number of benzene rings is 2. The van der Waals surface area contributed by atoms with Gasteiger partial charge in [0, 0.05) is 18.7 Å². The maximum absolute atomic E-state index is 12.2. The molecular formula is C20H21NO2. The first kappa shape index (κ1) is 15.3. The van der Waals surface area contributed by atoms with Gasteiger partial charge in [0.25, 0.3) is 0 Å². The van der Waals surface area contributed by atoms with Gasteiger partial charge < -0.3 is 9.64 Å². The summed E-state index contributed by atoms with van der Waals surface area (Å²) in [4.78, 5) is 14.1. The highest BCUT2D eigenvalue weighted by atomic mass is 16.5. The summed E-state index contributed by atoms with van der Waals surface area (Å²) >= 11 is 0. The van der Waals surface area contributed by atoms with E-state index in [-0.39, 0.29) is 5.91 Å². The van der Waals surface area contributed by atoms with Gasteiger partial charge in [-0.25, -0.2) is 0 Å². The van der Waals surface area contributed by atoms with Crippen molar-refractivity contribution in [1.82, 2.24) is 4.90 Å². The van der Waals surface area contributed by atoms with Crippen LogP contribution in [0.5, 0.6) is 5.75 Å². The Balaban J connectivity index is 1.72. The predicted octanol–water partition coefficient (Wildman–Crippen LogP) is 3.90. The second-order valence-electron chi connectivity index (χ2n) is 5.69. The summed E-state index contributed by atoms with van der Waals surface area (Å²) in [6.45, 7) is 0.713. The molecular weight excluding hydrogens is 286 g/mol. The molecule has 1 aliphatic rings. The molecule has 0 atom stereocenters. The van der Waals surface area contributed by atoms with Crippen molar-refractivity contribution in [2.24, 2.45) is 0 Å². The lowest BCUT2D eigenvalue weighted by Crippen LogP contribution is -2.25. The molecule has 2 aromatic carbocycles. The molecule has 0 aliphatic carbocycles. The first-order valence-corrected chi connectivity index (χ1v) is 7.95. The number of amides is 1. The SMILES string of the molecule is COc1cccc(CCN2C(=O)CC/C2=C\c2ccccc2)c1. The number of carbonyl (C=O) groups excluding carboxylic acids is 1. The number of carbonyl (C=O) groups is 1. The Morgan fingerprint density at radius 1 is 1.09 bits per heavy atom. The van der Waals surface area contributed by atoms with E-state index in [2.05, 4.69) is 24.3 Å². The van der Waals surface area contributed by atoms with E-state index in [1.807, 2.05) is 41.3 Å². The van der Waals surface area contributed by atoms with Crippen molar-refractivity contribution in [2.45, 2.75) is 19.3 Å². The second kappa shape index (κ2) is 7.14. The number of likely N-dealkylation sites (tertiary alicyclic amines) is 1. The third-order valence-corrected chi connectivity index (χ3v) is 4.13. The average Bonchev–Trinajstić information content (AvgIpc) is 2.94. The topological polar surface area (TPSA) is 29.5 Å². The maximum Gasteiger partial charge on any atom is 0.227 e. The summed E-state index contributed by atoms with van der Waals surface area (Å²) in [5.41, 5.74) is 3.44. The molecule has 1 aliphatic heterocycles. The first-order valence-electron chi connectivity index (χ1n) is 7.95. The number of nitrogens with zero attached hydrogens (tertiary/aromatic N) is 1. The van der Waals surface area contributed by atoms with Gasteiger partial charge in [0.2, 0.25) is 5.91 Å². The number of methoxy groups -OCH3 is 1. The molecule has 3 heteroatoms. The zero-order valence-electron chi connectivity index (χ0n) is 13.4. The first-order chi connectivity index (χ1) is 11.3. The fourth-order valence-corrected chi connectivity index (χ4v) is 2.89. The molecule has 1 heterocycles. The van der Waals surface area contributed by atoms with Crippen molar-refractivity contribution in [1.29, 1.82) is 0 Å². The lowest BCUT2D eigenvalue weighted by molar-refractivity contribution is -0.126. The molecule has 3 nitrogen and oxygen atoms in total. The largest absolute Gasteiger partial charge is 0.497 e. The van der Waals surface area contributed by atoms with Gasteiger partial charge in [-0.3, -0.25) is 4.79 Å². The molecule has 0 radical (unpaired) electrons. The minimum Gasteiger partial charge on any atom is -0.497 e. The highest BCUT2D eigenvalue weighted by Gasteiger charge is 2.25. The van der Waals surface area contributed by atoms with Crippen molar-refractivity contribution in [3.05, 3.63) is 71.4 Å². The summed E-state index contributed by atoms with van der Waals surface area (Å²) in [7, 11) is 1.67. The molecule has 0 spiro atoms. The zero-order valence-corrected chi connectivity index (χ0v) is 13.4. The van der Waals surface area contributed by atoms with E-state index in [0.717, 1.165) is 29.9 Å². The zero-order chi connectivity index (χ0) is 16.1. The number of hydrogen-bond donors (Lipinski definition) is 0. The normalized spacial score (nSPS) is 16.1. The van der Waals surface area contributed by atoms with Crippen LogP contribution in [0, 0.1) is 0 Å². The number of rotatable bonds is 5. The lowest BCUT2D eigenvalue weighted by atomic mass is 10.1. The molecule has 0 unspecified atom stereocenters. The van der Waals surface area contributed by atoms with E-state index in [0.29, 0.717) is 13.0 Å². The maximum atomic E-state index is 12.2. The van der Waals surface area contributed by atoms with Crippen molar-refractivity contribution in [3.8, 4) is 5.75 Å². The van der Waals surface area contributed by atoms with Crippen molar-refractivity contribution >= 4 is 12.0 Å². The fraction of sp³-hybridized carbons (Fsp3) is 0.250. The Labute approximate surface area is 137 Å². The highest BCUT2D eigenvalue weighted by Crippen LogP contribution is 2.25. The van der Waals surface area contributed by atoms with Gasteiger partial charge in [-0.05, 0) is 42.2 Å². The van der Waals surface area contributed by atoms with E-state index in [1.54, 1.807) is 7.11 Å². The van der Waals surface area contributed by atoms with Crippen LogP contribution in [0.3, 0.4) is 0 Å². The molecule has 0 N–H and O–H groups in total. The number of ether oxygens (including phenoxy) is 1. The predicted molar refractivity (Wildman–Crippen MR) is 92.1 cm³/mol. The van der Waals surface area contributed by atoms with E-state index in [4.69, 9.17) is 4.74 Å². The molecule has 23 heavy (non-hydrogen) atoms. The van der Waals surface area contributed by atoms with E-state index in [1.165, 1.54) is 5.56 Å². The standard InChI is InChI=1S/C20H21NO2/c1-23-19-9-5-8-17(15-19)12-13-21-18(10-11-20(21)22)14-16-6-3-2-4-7-16/h2-9,14-15H,10-13H2,1H3/b18-14+. The van der Waals surface area contributed by atoms with Crippen LogP contribution in [0.4, 0.5) is 0 Å². The number of allylic oxidation sites excluding steroid dienone is 1. The van der Waals surface area contributed by atoms with E-state index in [9.17, 15) is 4.79 Å². The Bertz CT molecular complexity index is 707. The Kier molecular flexibility index (Phi) is 4.77. The van der Waals surface area contributed by atoms with Crippen molar-refractivity contribution in [3.63, 3.8) is 0 Å². The summed E-state index contributed by atoms with van der Waals surface area (Å²) < 4.78 is 5.26. The molecule has 0 aromatic heterocycles. The molecule has 118 valence electrons. The Morgan fingerprint density at radius 2 is 1.91 bits per heavy atom.